The van der Waals surface area contributed by atoms with Crippen LogP contribution in [0.3, 0.4) is 0 Å². The number of oxazole rings is 1. The monoisotopic (exact) mass is 370 g/mol. The predicted molar refractivity (Wildman–Crippen MR) is 105 cm³/mol. The van der Waals surface area contributed by atoms with Crippen LogP contribution in [0.1, 0.15) is 41.4 Å². The molecule has 1 N–H and O–H groups in total. The summed E-state index contributed by atoms with van der Waals surface area (Å²) in [5.41, 5.74) is 2.60. The van der Waals surface area contributed by atoms with Crippen LogP contribution in [0.15, 0.2) is 34.9 Å². The van der Waals surface area contributed by atoms with E-state index in [4.69, 9.17) is 4.42 Å². The summed E-state index contributed by atoms with van der Waals surface area (Å²) in [7, 11) is 0. The number of amides is 1. The van der Waals surface area contributed by atoms with Crippen LogP contribution >= 0.6 is 0 Å². The first kappa shape index (κ1) is 19.6. The van der Waals surface area contributed by atoms with E-state index < -0.39 is 0 Å². The summed E-state index contributed by atoms with van der Waals surface area (Å²) in [5, 5.41) is 2.90. The van der Waals surface area contributed by atoms with Crippen molar-refractivity contribution < 1.29 is 9.21 Å². The molecule has 1 saturated heterocycles. The normalized spacial score (nSPS) is 16.0. The minimum absolute atomic E-state index is 0.201. The van der Waals surface area contributed by atoms with Gasteiger partial charge in [-0.2, -0.15) is 0 Å². The third-order valence-corrected chi connectivity index (χ3v) is 4.77. The van der Waals surface area contributed by atoms with E-state index in [-0.39, 0.29) is 5.91 Å². The van der Waals surface area contributed by atoms with Gasteiger partial charge in [0, 0.05) is 39.3 Å². The van der Waals surface area contributed by atoms with Crippen molar-refractivity contribution >= 4 is 5.91 Å². The zero-order chi connectivity index (χ0) is 19.2. The maximum absolute atomic E-state index is 12.3. The zero-order valence-electron chi connectivity index (χ0n) is 16.6. The van der Waals surface area contributed by atoms with Crippen molar-refractivity contribution in [3.63, 3.8) is 0 Å². The average Bonchev–Trinajstić information content (AvgIpc) is 3.10. The topological polar surface area (TPSA) is 61.6 Å². The summed E-state index contributed by atoms with van der Waals surface area (Å²) in [6.45, 7) is 13.0. The van der Waals surface area contributed by atoms with Crippen LogP contribution in [0.5, 0.6) is 0 Å². The van der Waals surface area contributed by atoms with Crippen LogP contribution in [0.25, 0.3) is 0 Å². The third kappa shape index (κ3) is 5.91. The molecule has 1 amide bonds. The molecule has 27 heavy (non-hydrogen) atoms. The molecule has 1 aliphatic rings. The van der Waals surface area contributed by atoms with Gasteiger partial charge < -0.3 is 14.6 Å². The van der Waals surface area contributed by atoms with Gasteiger partial charge in [0.15, 0.2) is 5.69 Å². The number of piperazine rings is 1. The van der Waals surface area contributed by atoms with E-state index in [2.05, 4.69) is 40.0 Å². The van der Waals surface area contributed by atoms with E-state index in [0.717, 1.165) is 38.3 Å². The van der Waals surface area contributed by atoms with Crippen molar-refractivity contribution in [3.8, 4) is 0 Å². The van der Waals surface area contributed by atoms with Crippen molar-refractivity contribution in [2.45, 2.75) is 33.9 Å². The Morgan fingerprint density at radius 2 is 1.96 bits per heavy atom. The Morgan fingerprint density at radius 1 is 1.22 bits per heavy atom. The quantitative estimate of drug-likeness (QED) is 0.812. The highest BCUT2D eigenvalue weighted by atomic mass is 16.3. The SMILES string of the molecule is Cc1cccc(CNC(=O)c2coc(CN3CCN(CC(C)C)CC3)n2)c1. The van der Waals surface area contributed by atoms with Crippen LogP contribution in [-0.4, -0.2) is 53.4 Å². The van der Waals surface area contributed by atoms with Gasteiger partial charge in [0.2, 0.25) is 5.89 Å². The Hall–Kier alpha value is -2.18. The molecular weight excluding hydrogens is 340 g/mol. The highest BCUT2D eigenvalue weighted by molar-refractivity contribution is 5.91. The van der Waals surface area contributed by atoms with Crippen LogP contribution in [-0.2, 0) is 13.1 Å². The van der Waals surface area contributed by atoms with Crippen molar-refractivity contribution in [1.82, 2.24) is 20.1 Å². The van der Waals surface area contributed by atoms with E-state index in [9.17, 15) is 4.79 Å². The highest BCUT2D eigenvalue weighted by Gasteiger charge is 2.20. The molecule has 0 bridgehead atoms. The van der Waals surface area contributed by atoms with Gasteiger partial charge >= 0.3 is 0 Å². The molecule has 146 valence electrons. The summed E-state index contributed by atoms with van der Waals surface area (Å²) < 4.78 is 5.52. The first-order valence-corrected chi connectivity index (χ1v) is 9.72. The minimum Gasteiger partial charge on any atom is -0.447 e. The molecule has 0 unspecified atom stereocenters. The molecular formula is C21H30N4O2. The fourth-order valence-electron chi connectivity index (χ4n) is 3.42. The van der Waals surface area contributed by atoms with E-state index in [1.165, 1.54) is 11.8 Å². The summed E-state index contributed by atoms with van der Waals surface area (Å²) >= 11 is 0. The number of aryl methyl sites for hydroxylation is 1. The molecule has 1 aliphatic heterocycles. The second-order valence-electron chi connectivity index (χ2n) is 7.77. The second-order valence-corrected chi connectivity index (χ2v) is 7.77. The number of hydrogen-bond acceptors (Lipinski definition) is 5. The smallest absolute Gasteiger partial charge is 0.273 e. The standard InChI is InChI=1S/C21H30N4O2/c1-16(2)13-24-7-9-25(10-8-24)14-20-23-19(15-27-20)21(26)22-12-18-6-4-5-17(3)11-18/h4-6,11,15-16H,7-10,12-14H2,1-3H3,(H,22,26). The number of nitrogens with zero attached hydrogens (tertiary/aromatic N) is 3. The molecule has 1 aromatic heterocycles. The summed E-state index contributed by atoms with van der Waals surface area (Å²) in [5.74, 6) is 1.10. The Balaban J connectivity index is 1.46. The Bertz CT molecular complexity index is 748. The van der Waals surface area contributed by atoms with Crippen LogP contribution in [0.4, 0.5) is 0 Å². The number of rotatable bonds is 7. The minimum atomic E-state index is -0.201. The predicted octanol–water partition coefficient (Wildman–Crippen LogP) is 2.69. The molecule has 0 saturated carbocycles. The number of benzene rings is 1. The van der Waals surface area contributed by atoms with Gasteiger partial charge in [0.05, 0.1) is 6.54 Å². The lowest BCUT2D eigenvalue weighted by Crippen LogP contribution is -2.46. The van der Waals surface area contributed by atoms with E-state index >= 15 is 0 Å². The van der Waals surface area contributed by atoms with Gasteiger partial charge in [-0.1, -0.05) is 43.7 Å². The molecule has 0 aliphatic carbocycles. The van der Waals surface area contributed by atoms with E-state index in [0.29, 0.717) is 30.6 Å². The van der Waals surface area contributed by atoms with Crippen molar-refractivity contribution in [1.29, 1.82) is 0 Å². The number of aromatic nitrogens is 1. The van der Waals surface area contributed by atoms with Gasteiger partial charge in [-0.3, -0.25) is 9.69 Å². The van der Waals surface area contributed by atoms with Crippen molar-refractivity contribution in [2.75, 3.05) is 32.7 Å². The number of carbonyl (C=O) groups is 1. The third-order valence-electron chi connectivity index (χ3n) is 4.77. The van der Waals surface area contributed by atoms with Crippen molar-refractivity contribution in [2.24, 2.45) is 5.92 Å². The number of carbonyl (C=O) groups excluding carboxylic acids is 1. The lowest BCUT2D eigenvalue weighted by Gasteiger charge is -2.34. The lowest BCUT2D eigenvalue weighted by atomic mass is 10.1. The van der Waals surface area contributed by atoms with Gasteiger partial charge in [-0.15, -0.1) is 0 Å². The zero-order valence-corrected chi connectivity index (χ0v) is 16.6. The fourth-order valence-corrected chi connectivity index (χ4v) is 3.42. The lowest BCUT2D eigenvalue weighted by molar-refractivity contribution is 0.0945. The first-order chi connectivity index (χ1) is 13.0. The molecule has 2 aromatic rings. The molecule has 0 spiro atoms. The molecule has 1 aromatic carbocycles. The average molecular weight is 370 g/mol. The van der Waals surface area contributed by atoms with Crippen molar-refractivity contribution in [3.05, 3.63) is 53.2 Å². The largest absolute Gasteiger partial charge is 0.447 e. The van der Waals surface area contributed by atoms with Gasteiger partial charge in [0.25, 0.3) is 5.91 Å². The fraction of sp³-hybridized carbons (Fsp3) is 0.524. The van der Waals surface area contributed by atoms with E-state index in [1.54, 1.807) is 0 Å². The van der Waals surface area contributed by atoms with Gasteiger partial charge in [0.1, 0.15) is 6.26 Å². The van der Waals surface area contributed by atoms with Crippen LogP contribution < -0.4 is 5.32 Å². The molecule has 3 rings (SSSR count). The summed E-state index contributed by atoms with van der Waals surface area (Å²) in [6, 6.07) is 8.09. The highest BCUT2D eigenvalue weighted by Crippen LogP contribution is 2.11. The Kier molecular flexibility index (Phi) is 6.63. The maximum atomic E-state index is 12.3. The molecule has 6 heteroatoms. The molecule has 1 fully saturated rings. The first-order valence-electron chi connectivity index (χ1n) is 9.72. The van der Waals surface area contributed by atoms with E-state index in [1.807, 2.05) is 25.1 Å². The Morgan fingerprint density at radius 3 is 2.67 bits per heavy atom. The van der Waals surface area contributed by atoms with Gasteiger partial charge in [-0.25, -0.2) is 4.98 Å². The maximum Gasteiger partial charge on any atom is 0.273 e. The summed E-state index contributed by atoms with van der Waals surface area (Å²) in [4.78, 5) is 21.5. The number of nitrogens with one attached hydrogen (secondary N) is 1. The number of hydrogen-bond donors (Lipinski definition) is 1. The molecule has 0 atom stereocenters. The molecule has 0 radical (unpaired) electrons. The molecule has 2 heterocycles. The Labute approximate surface area is 161 Å². The second kappa shape index (κ2) is 9.15. The van der Waals surface area contributed by atoms with Crippen LogP contribution in [0, 0.1) is 12.8 Å². The van der Waals surface area contributed by atoms with Gasteiger partial charge in [-0.05, 0) is 18.4 Å². The van der Waals surface area contributed by atoms with Crippen LogP contribution in [0.2, 0.25) is 0 Å². The summed E-state index contributed by atoms with van der Waals surface area (Å²) in [6.07, 6.45) is 1.45. The molecule has 6 nitrogen and oxygen atoms in total.